The zero-order valence-corrected chi connectivity index (χ0v) is 10.1. The van der Waals surface area contributed by atoms with Gasteiger partial charge in [-0.3, -0.25) is 0 Å². The predicted molar refractivity (Wildman–Crippen MR) is 65.5 cm³/mol. The number of carbonyl (C=O) groups is 1. The molecule has 3 rings (SSSR count). The van der Waals surface area contributed by atoms with Crippen molar-refractivity contribution in [1.82, 2.24) is 5.16 Å². The van der Waals surface area contributed by atoms with Crippen LogP contribution in [-0.4, -0.2) is 16.2 Å². The van der Waals surface area contributed by atoms with Crippen LogP contribution in [0.15, 0.2) is 22.7 Å². The lowest BCUT2D eigenvalue weighted by atomic mass is 9.89. The average molecular weight is 261 g/mol. The number of hydrogen-bond donors (Lipinski definition) is 1. The number of carboxylic acids is 1. The summed E-state index contributed by atoms with van der Waals surface area (Å²) in [6.45, 7) is 0. The Morgan fingerprint density at radius 2 is 2.11 bits per heavy atom. The minimum Gasteiger partial charge on any atom is -0.475 e. The lowest BCUT2D eigenvalue weighted by Crippen LogP contribution is -2.06. The number of fused-ring (bicyclic) bond motifs is 1. The molecule has 98 valence electrons. The monoisotopic (exact) mass is 261 g/mol. The Hall–Kier alpha value is -2.17. The normalized spacial score (nSPS) is 14.2. The summed E-state index contributed by atoms with van der Waals surface area (Å²) in [5, 5.41) is 12.4. The molecule has 4 nitrogen and oxygen atoms in total. The minimum atomic E-state index is -1.21. The molecule has 1 aliphatic rings. The lowest BCUT2D eigenvalue weighted by molar-refractivity contribution is 0.0652. The summed E-state index contributed by atoms with van der Waals surface area (Å²) in [5.41, 5.74) is 2.29. The van der Waals surface area contributed by atoms with Crippen molar-refractivity contribution in [2.75, 3.05) is 0 Å². The first-order chi connectivity index (χ1) is 9.16. The van der Waals surface area contributed by atoms with Crippen molar-refractivity contribution in [3.63, 3.8) is 0 Å². The maximum Gasteiger partial charge on any atom is 0.374 e. The summed E-state index contributed by atoms with van der Waals surface area (Å²) in [6, 6.07) is 4.78. The summed E-state index contributed by atoms with van der Waals surface area (Å²) < 4.78 is 19.1. The SMILES string of the molecule is O=C(O)c1cc(-c2ccc3c(c2F)CCCC3)no1. The number of aromatic carboxylic acids is 1. The molecular weight excluding hydrogens is 249 g/mol. The van der Waals surface area contributed by atoms with Crippen molar-refractivity contribution in [3.05, 3.63) is 40.9 Å². The fourth-order valence-electron chi connectivity index (χ4n) is 2.48. The van der Waals surface area contributed by atoms with Gasteiger partial charge in [0.1, 0.15) is 11.5 Å². The van der Waals surface area contributed by atoms with E-state index < -0.39 is 5.97 Å². The van der Waals surface area contributed by atoms with Crippen LogP contribution in [0.3, 0.4) is 0 Å². The molecule has 0 aliphatic heterocycles. The van der Waals surface area contributed by atoms with Crippen LogP contribution in [0.1, 0.15) is 34.5 Å². The smallest absolute Gasteiger partial charge is 0.374 e. The van der Waals surface area contributed by atoms with Gasteiger partial charge in [-0.25, -0.2) is 9.18 Å². The van der Waals surface area contributed by atoms with Gasteiger partial charge in [0.25, 0.3) is 0 Å². The Labute approximate surface area is 108 Å². The van der Waals surface area contributed by atoms with Gasteiger partial charge in [0.2, 0.25) is 5.76 Å². The van der Waals surface area contributed by atoms with Crippen molar-refractivity contribution in [3.8, 4) is 11.3 Å². The number of halogens is 1. The van der Waals surface area contributed by atoms with E-state index in [1.807, 2.05) is 6.07 Å². The number of rotatable bonds is 2. The van der Waals surface area contributed by atoms with Gasteiger partial charge in [-0.1, -0.05) is 11.2 Å². The van der Waals surface area contributed by atoms with Gasteiger partial charge in [0.05, 0.1) is 0 Å². The molecule has 2 aromatic rings. The summed E-state index contributed by atoms with van der Waals surface area (Å²) in [6.07, 6.45) is 3.68. The molecule has 0 atom stereocenters. The second kappa shape index (κ2) is 4.50. The van der Waals surface area contributed by atoms with E-state index in [1.165, 1.54) is 6.07 Å². The molecule has 0 bridgehead atoms. The summed E-state index contributed by atoms with van der Waals surface area (Å²) >= 11 is 0. The van der Waals surface area contributed by atoms with Crippen molar-refractivity contribution in [2.45, 2.75) is 25.7 Å². The molecule has 1 aliphatic carbocycles. The molecule has 1 N–H and O–H groups in total. The molecule has 5 heteroatoms. The number of aromatic nitrogens is 1. The zero-order chi connectivity index (χ0) is 13.4. The van der Waals surface area contributed by atoms with E-state index in [1.54, 1.807) is 6.07 Å². The van der Waals surface area contributed by atoms with Crippen LogP contribution in [0.2, 0.25) is 0 Å². The molecular formula is C14H12FNO3. The molecule has 0 saturated heterocycles. The molecule has 0 fully saturated rings. The van der Waals surface area contributed by atoms with Crippen molar-refractivity contribution >= 4 is 5.97 Å². The van der Waals surface area contributed by atoms with Crippen LogP contribution >= 0.6 is 0 Å². The molecule has 19 heavy (non-hydrogen) atoms. The molecule has 0 radical (unpaired) electrons. The highest BCUT2D eigenvalue weighted by atomic mass is 19.1. The van der Waals surface area contributed by atoms with Gasteiger partial charge < -0.3 is 9.63 Å². The third-order valence-corrected chi connectivity index (χ3v) is 3.46. The highest BCUT2D eigenvalue weighted by molar-refractivity contribution is 5.85. The first kappa shape index (κ1) is 11.9. The summed E-state index contributed by atoms with van der Waals surface area (Å²) in [7, 11) is 0. The summed E-state index contributed by atoms with van der Waals surface area (Å²) in [4.78, 5) is 10.7. The van der Waals surface area contributed by atoms with Gasteiger partial charge in [-0.15, -0.1) is 0 Å². The summed E-state index contributed by atoms with van der Waals surface area (Å²) in [5.74, 6) is -1.80. The van der Waals surface area contributed by atoms with E-state index in [9.17, 15) is 9.18 Å². The molecule has 1 aromatic heterocycles. The number of benzene rings is 1. The molecule has 1 heterocycles. The Morgan fingerprint density at radius 3 is 2.84 bits per heavy atom. The maximum atomic E-state index is 14.4. The molecule has 1 aromatic carbocycles. The van der Waals surface area contributed by atoms with Crippen LogP contribution in [0.4, 0.5) is 4.39 Å². The van der Waals surface area contributed by atoms with Crippen LogP contribution in [0.5, 0.6) is 0 Å². The highest BCUT2D eigenvalue weighted by Crippen LogP contribution is 2.31. The second-order valence-electron chi connectivity index (χ2n) is 4.65. The van der Waals surface area contributed by atoms with Crippen LogP contribution in [0.25, 0.3) is 11.3 Å². The molecule has 0 amide bonds. The second-order valence-corrected chi connectivity index (χ2v) is 4.65. The Bertz CT molecular complexity index is 648. The fourth-order valence-corrected chi connectivity index (χ4v) is 2.48. The number of hydrogen-bond acceptors (Lipinski definition) is 3. The number of aryl methyl sites for hydroxylation is 1. The van der Waals surface area contributed by atoms with E-state index in [0.717, 1.165) is 36.8 Å². The maximum absolute atomic E-state index is 14.4. The molecule has 0 unspecified atom stereocenters. The largest absolute Gasteiger partial charge is 0.475 e. The van der Waals surface area contributed by atoms with Gasteiger partial charge in [0.15, 0.2) is 0 Å². The first-order valence-electron chi connectivity index (χ1n) is 6.17. The number of carboxylic acid groups (broad SMARTS) is 1. The van der Waals surface area contributed by atoms with E-state index in [2.05, 4.69) is 9.68 Å². The fraction of sp³-hybridized carbons (Fsp3) is 0.286. The zero-order valence-electron chi connectivity index (χ0n) is 10.1. The predicted octanol–water partition coefficient (Wildman–Crippen LogP) is 3.06. The van der Waals surface area contributed by atoms with Gasteiger partial charge in [-0.05, 0) is 42.9 Å². The lowest BCUT2D eigenvalue weighted by Gasteiger charge is -2.17. The topological polar surface area (TPSA) is 63.3 Å². The van der Waals surface area contributed by atoms with Crippen LogP contribution < -0.4 is 0 Å². The van der Waals surface area contributed by atoms with E-state index >= 15 is 0 Å². The third kappa shape index (κ3) is 2.01. The van der Waals surface area contributed by atoms with Gasteiger partial charge >= 0.3 is 5.97 Å². The van der Waals surface area contributed by atoms with Gasteiger partial charge in [-0.2, -0.15) is 0 Å². The number of nitrogens with zero attached hydrogens (tertiary/aromatic N) is 1. The highest BCUT2D eigenvalue weighted by Gasteiger charge is 2.20. The van der Waals surface area contributed by atoms with Crippen molar-refractivity contribution in [1.29, 1.82) is 0 Å². The van der Waals surface area contributed by atoms with Gasteiger partial charge in [0, 0.05) is 11.6 Å². The minimum absolute atomic E-state index is 0.225. The first-order valence-corrected chi connectivity index (χ1v) is 6.17. The Balaban J connectivity index is 2.07. The van der Waals surface area contributed by atoms with Crippen LogP contribution in [-0.2, 0) is 12.8 Å². The standard InChI is InChI=1S/C14H12FNO3/c15-13-9-4-2-1-3-8(9)5-6-10(13)11-7-12(14(17)18)19-16-11/h5-7H,1-4H2,(H,17,18). The Kier molecular flexibility index (Phi) is 2.81. The average Bonchev–Trinajstić information content (AvgIpc) is 2.89. The van der Waals surface area contributed by atoms with E-state index in [-0.39, 0.29) is 17.3 Å². The molecule has 0 saturated carbocycles. The third-order valence-electron chi connectivity index (χ3n) is 3.46. The van der Waals surface area contributed by atoms with E-state index in [4.69, 9.17) is 5.11 Å². The van der Waals surface area contributed by atoms with E-state index in [0.29, 0.717) is 5.56 Å². The van der Waals surface area contributed by atoms with Crippen molar-refractivity contribution < 1.29 is 18.8 Å². The van der Waals surface area contributed by atoms with Crippen molar-refractivity contribution in [2.24, 2.45) is 0 Å². The quantitative estimate of drug-likeness (QED) is 0.902. The molecule has 0 spiro atoms. The Morgan fingerprint density at radius 1 is 1.32 bits per heavy atom. The van der Waals surface area contributed by atoms with Crippen LogP contribution in [0, 0.1) is 5.82 Å².